The Labute approximate surface area is 96.9 Å². The molecular formula is C11H11FN4O. The van der Waals surface area contributed by atoms with E-state index in [4.69, 9.17) is 5.73 Å². The van der Waals surface area contributed by atoms with Crippen molar-refractivity contribution in [3.63, 3.8) is 0 Å². The van der Waals surface area contributed by atoms with Crippen molar-refractivity contribution in [2.24, 2.45) is 5.73 Å². The molecule has 0 fully saturated rings. The van der Waals surface area contributed by atoms with Crippen LogP contribution in [0.3, 0.4) is 0 Å². The zero-order valence-electron chi connectivity index (χ0n) is 9.20. The Bertz CT molecular complexity index is 564. The van der Waals surface area contributed by atoms with Gasteiger partial charge in [0.05, 0.1) is 0 Å². The molecule has 0 aliphatic heterocycles. The Hall–Kier alpha value is -2.24. The second-order valence-electron chi connectivity index (χ2n) is 3.69. The van der Waals surface area contributed by atoms with Crippen molar-refractivity contribution in [3.05, 3.63) is 46.8 Å². The van der Waals surface area contributed by atoms with Crippen LogP contribution in [0.1, 0.15) is 27.6 Å². The maximum Gasteiger partial charge on any atom is 0.288 e. The van der Waals surface area contributed by atoms with Crippen LogP contribution in [0.5, 0.6) is 0 Å². The van der Waals surface area contributed by atoms with Crippen LogP contribution in [-0.4, -0.2) is 21.1 Å². The minimum Gasteiger partial charge on any atom is -0.363 e. The third-order valence-corrected chi connectivity index (χ3v) is 2.38. The molecule has 0 aliphatic carbocycles. The summed E-state index contributed by atoms with van der Waals surface area (Å²) in [5.74, 6) is -0.668. The first-order valence-electron chi connectivity index (χ1n) is 5.03. The normalized spacial score (nSPS) is 10.5. The molecule has 1 heterocycles. The van der Waals surface area contributed by atoms with Gasteiger partial charge in [0, 0.05) is 6.42 Å². The number of aromatic nitrogens is 3. The zero-order valence-corrected chi connectivity index (χ0v) is 9.20. The molecule has 0 aliphatic rings. The molecule has 3 N–H and O–H groups in total. The number of primary amides is 1. The predicted octanol–water partition coefficient (Wildman–Crippen LogP) is 0.942. The Kier molecular flexibility index (Phi) is 2.86. The molecule has 0 bridgehead atoms. The third kappa shape index (κ3) is 2.30. The number of halogens is 1. The molecule has 1 aromatic heterocycles. The third-order valence-electron chi connectivity index (χ3n) is 2.38. The smallest absolute Gasteiger partial charge is 0.288 e. The number of nitrogens with two attached hydrogens (primary N) is 1. The number of amides is 1. The average Bonchev–Trinajstić information content (AvgIpc) is 2.73. The van der Waals surface area contributed by atoms with Gasteiger partial charge in [-0.05, 0) is 18.1 Å². The molecule has 2 aromatic rings. The fraction of sp³-hybridized carbons (Fsp3) is 0.182. The van der Waals surface area contributed by atoms with Crippen LogP contribution in [0, 0.1) is 12.7 Å². The highest BCUT2D eigenvalue weighted by Crippen LogP contribution is 2.14. The number of nitrogens with zero attached hydrogens (tertiary/aromatic N) is 2. The Balaban J connectivity index is 2.25. The second-order valence-corrected chi connectivity index (χ2v) is 3.69. The van der Waals surface area contributed by atoms with E-state index in [0.717, 1.165) is 0 Å². The van der Waals surface area contributed by atoms with Crippen LogP contribution in [0.25, 0.3) is 0 Å². The minimum atomic E-state index is -0.711. The lowest BCUT2D eigenvalue weighted by Gasteiger charge is -2.02. The first kappa shape index (κ1) is 11.3. The molecule has 5 nitrogen and oxygen atoms in total. The summed E-state index contributed by atoms with van der Waals surface area (Å²) in [7, 11) is 0. The highest BCUT2D eigenvalue weighted by molar-refractivity contribution is 5.88. The molecule has 0 unspecified atom stereocenters. The number of aryl methyl sites for hydroxylation is 1. The summed E-state index contributed by atoms with van der Waals surface area (Å²) in [4.78, 5) is 14.7. The molecule has 0 saturated carbocycles. The monoisotopic (exact) mass is 234 g/mol. The lowest BCUT2D eigenvalue weighted by molar-refractivity contribution is 0.0991. The highest BCUT2D eigenvalue weighted by Gasteiger charge is 2.11. The predicted molar refractivity (Wildman–Crippen MR) is 58.8 cm³/mol. The number of nitrogens with one attached hydrogen (secondary N) is 1. The first-order chi connectivity index (χ1) is 8.08. The van der Waals surface area contributed by atoms with Crippen molar-refractivity contribution in [2.75, 3.05) is 0 Å². The molecule has 88 valence electrons. The zero-order chi connectivity index (χ0) is 12.4. The Morgan fingerprint density at radius 3 is 2.94 bits per heavy atom. The van der Waals surface area contributed by atoms with E-state index in [1.54, 1.807) is 25.1 Å². The largest absolute Gasteiger partial charge is 0.363 e. The van der Waals surface area contributed by atoms with Crippen molar-refractivity contribution in [1.29, 1.82) is 0 Å². The summed E-state index contributed by atoms with van der Waals surface area (Å²) in [6.45, 7) is 1.69. The average molecular weight is 234 g/mol. The number of carbonyl (C=O) groups excluding carboxylic acids is 1. The molecule has 0 atom stereocenters. The maximum absolute atomic E-state index is 13.7. The Morgan fingerprint density at radius 1 is 1.53 bits per heavy atom. The van der Waals surface area contributed by atoms with Gasteiger partial charge in [0.15, 0.2) is 0 Å². The lowest BCUT2D eigenvalue weighted by Crippen LogP contribution is -2.12. The van der Waals surface area contributed by atoms with E-state index in [9.17, 15) is 9.18 Å². The van der Waals surface area contributed by atoms with Gasteiger partial charge >= 0.3 is 0 Å². The van der Waals surface area contributed by atoms with E-state index in [-0.39, 0.29) is 18.1 Å². The molecule has 1 amide bonds. The van der Waals surface area contributed by atoms with Crippen molar-refractivity contribution in [3.8, 4) is 0 Å². The van der Waals surface area contributed by atoms with Gasteiger partial charge in [0.1, 0.15) is 11.6 Å². The molecule has 6 heteroatoms. The van der Waals surface area contributed by atoms with Crippen LogP contribution in [0.2, 0.25) is 0 Å². The lowest BCUT2D eigenvalue weighted by atomic mass is 10.1. The van der Waals surface area contributed by atoms with E-state index in [2.05, 4.69) is 15.2 Å². The number of benzene rings is 1. The van der Waals surface area contributed by atoms with Crippen molar-refractivity contribution < 1.29 is 9.18 Å². The first-order valence-corrected chi connectivity index (χ1v) is 5.03. The molecule has 1 aromatic carbocycles. The van der Waals surface area contributed by atoms with E-state index in [1.807, 2.05) is 0 Å². The van der Waals surface area contributed by atoms with Crippen LogP contribution < -0.4 is 5.73 Å². The van der Waals surface area contributed by atoms with Gasteiger partial charge in [0.25, 0.3) is 5.91 Å². The highest BCUT2D eigenvalue weighted by atomic mass is 19.1. The molecule has 0 saturated heterocycles. The standard InChI is InChI=1S/C11H11FN4O/c1-6-3-2-4-7(9(6)12)5-8-14-11(10(13)17)16-15-8/h2-4H,5H2,1H3,(H2,13,17)(H,14,15,16). The maximum atomic E-state index is 13.7. The van der Waals surface area contributed by atoms with Crippen LogP contribution >= 0.6 is 0 Å². The van der Waals surface area contributed by atoms with Gasteiger partial charge in [-0.25, -0.2) is 9.37 Å². The summed E-state index contributed by atoms with van der Waals surface area (Å²) >= 11 is 0. The topological polar surface area (TPSA) is 84.7 Å². The van der Waals surface area contributed by atoms with E-state index < -0.39 is 5.91 Å². The number of aromatic amines is 1. The van der Waals surface area contributed by atoms with Gasteiger partial charge in [-0.1, -0.05) is 18.2 Å². The molecular weight excluding hydrogens is 223 g/mol. The summed E-state index contributed by atoms with van der Waals surface area (Å²) < 4.78 is 13.7. The summed E-state index contributed by atoms with van der Waals surface area (Å²) in [6, 6.07) is 5.11. The van der Waals surface area contributed by atoms with Gasteiger partial charge in [-0.15, -0.1) is 5.10 Å². The Morgan fingerprint density at radius 2 is 2.29 bits per heavy atom. The summed E-state index contributed by atoms with van der Waals surface area (Å²) in [5, 5.41) is 6.18. The van der Waals surface area contributed by atoms with Crippen molar-refractivity contribution in [1.82, 2.24) is 15.2 Å². The van der Waals surface area contributed by atoms with Gasteiger partial charge in [-0.2, -0.15) is 0 Å². The quantitative estimate of drug-likeness (QED) is 0.828. The van der Waals surface area contributed by atoms with Crippen LogP contribution in [-0.2, 0) is 6.42 Å². The molecule has 0 radical (unpaired) electrons. The minimum absolute atomic E-state index is 0.0898. The number of hydrogen-bond donors (Lipinski definition) is 2. The van der Waals surface area contributed by atoms with Crippen LogP contribution in [0.4, 0.5) is 4.39 Å². The second kappa shape index (κ2) is 4.32. The van der Waals surface area contributed by atoms with E-state index in [1.165, 1.54) is 0 Å². The number of carbonyl (C=O) groups is 1. The SMILES string of the molecule is Cc1cccc(Cc2nc(C(N)=O)n[nH]2)c1F. The van der Waals surface area contributed by atoms with Crippen LogP contribution in [0.15, 0.2) is 18.2 Å². The number of H-pyrrole nitrogens is 1. The van der Waals surface area contributed by atoms with E-state index in [0.29, 0.717) is 17.0 Å². The summed E-state index contributed by atoms with van der Waals surface area (Å²) in [5.41, 5.74) is 6.08. The summed E-state index contributed by atoms with van der Waals surface area (Å²) in [6.07, 6.45) is 0.244. The van der Waals surface area contributed by atoms with Crippen molar-refractivity contribution in [2.45, 2.75) is 13.3 Å². The fourth-order valence-corrected chi connectivity index (χ4v) is 1.51. The molecule has 17 heavy (non-hydrogen) atoms. The van der Waals surface area contributed by atoms with E-state index >= 15 is 0 Å². The van der Waals surface area contributed by atoms with Gasteiger partial charge in [-0.3, -0.25) is 9.89 Å². The van der Waals surface area contributed by atoms with Gasteiger partial charge < -0.3 is 5.73 Å². The molecule has 0 spiro atoms. The molecule has 2 rings (SSSR count). The number of hydrogen-bond acceptors (Lipinski definition) is 3. The fourth-order valence-electron chi connectivity index (χ4n) is 1.51. The van der Waals surface area contributed by atoms with Gasteiger partial charge in [0.2, 0.25) is 5.82 Å². The number of rotatable bonds is 3. The van der Waals surface area contributed by atoms with Crippen molar-refractivity contribution >= 4 is 5.91 Å².